The lowest BCUT2D eigenvalue weighted by Gasteiger charge is -2.23. The lowest BCUT2D eigenvalue weighted by atomic mass is 9.92. The van der Waals surface area contributed by atoms with Gasteiger partial charge in [0, 0.05) is 11.1 Å². The van der Waals surface area contributed by atoms with E-state index in [9.17, 15) is 14.4 Å². The van der Waals surface area contributed by atoms with Crippen molar-refractivity contribution in [3.05, 3.63) is 46.0 Å². The number of thioether (sulfide) groups is 1. The van der Waals surface area contributed by atoms with Crippen LogP contribution < -0.4 is 5.32 Å². The number of carbonyl (C=O) groups excluding carboxylic acids is 3. The van der Waals surface area contributed by atoms with Crippen LogP contribution in [0.2, 0.25) is 0 Å². The fourth-order valence-corrected chi connectivity index (χ4v) is 2.79. The van der Waals surface area contributed by atoms with Gasteiger partial charge in [0.15, 0.2) is 0 Å². The monoisotopic (exact) mass is 245 g/mol. The minimum Gasteiger partial charge on any atom is -0.321 e. The van der Waals surface area contributed by atoms with Gasteiger partial charge < -0.3 is 5.32 Å². The maximum atomic E-state index is 12.1. The van der Waals surface area contributed by atoms with Crippen LogP contribution in [0.15, 0.2) is 34.9 Å². The molecule has 0 unspecified atom stereocenters. The quantitative estimate of drug-likeness (QED) is 0.744. The summed E-state index contributed by atoms with van der Waals surface area (Å²) in [6.07, 6.45) is 0. The maximum absolute atomic E-state index is 12.1. The molecule has 0 bridgehead atoms. The van der Waals surface area contributed by atoms with Crippen molar-refractivity contribution in [1.82, 2.24) is 5.32 Å². The molecule has 1 aromatic carbocycles. The number of hydrogen-bond donors (Lipinski definition) is 1. The molecule has 1 aliphatic carbocycles. The molecule has 1 aromatic rings. The average Bonchev–Trinajstić information content (AvgIpc) is 2.36. The lowest BCUT2D eigenvalue weighted by molar-refractivity contribution is -0.117. The van der Waals surface area contributed by atoms with Crippen molar-refractivity contribution in [3.8, 4) is 0 Å². The number of benzene rings is 1. The third kappa shape index (κ3) is 1.43. The number of nitrogens with one attached hydrogen (secondary N) is 1. The molecule has 1 amide bonds. The van der Waals surface area contributed by atoms with Crippen molar-refractivity contribution in [2.45, 2.75) is 0 Å². The molecule has 17 heavy (non-hydrogen) atoms. The highest BCUT2D eigenvalue weighted by Crippen LogP contribution is 2.33. The summed E-state index contributed by atoms with van der Waals surface area (Å²) in [5.41, 5.74) is 0.911. The number of amides is 1. The van der Waals surface area contributed by atoms with Crippen LogP contribution in [0.3, 0.4) is 0 Å². The van der Waals surface area contributed by atoms with Crippen LogP contribution in [-0.4, -0.2) is 23.2 Å². The molecule has 1 heterocycles. The molecule has 1 N–H and O–H groups in total. The summed E-state index contributed by atoms with van der Waals surface area (Å²) in [4.78, 5) is 35.8. The molecule has 84 valence electrons. The highest BCUT2D eigenvalue weighted by molar-refractivity contribution is 8.04. The van der Waals surface area contributed by atoms with Crippen LogP contribution in [0, 0.1) is 0 Å². The van der Waals surface area contributed by atoms with E-state index in [1.54, 1.807) is 24.3 Å². The van der Waals surface area contributed by atoms with E-state index in [0.717, 1.165) is 11.8 Å². The Kier molecular flexibility index (Phi) is 2.16. The van der Waals surface area contributed by atoms with E-state index in [1.165, 1.54) is 0 Å². The summed E-state index contributed by atoms with van der Waals surface area (Å²) in [6, 6.07) is 6.66. The van der Waals surface area contributed by atoms with Gasteiger partial charge in [-0.1, -0.05) is 24.3 Å². The second-order valence-electron chi connectivity index (χ2n) is 3.74. The molecule has 0 radical (unpaired) electrons. The van der Waals surface area contributed by atoms with Crippen LogP contribution in [0.1, 0.15) is 20.7 Å². The molecule has 0 aromatic heterocycles. The van der Waals surface area contributed by atoms with Crippen molar-refractivity contribution in [1.29, 1.82) is 0 Å². The first-order chi connectivity index (χ1) is 8.18. The SMILES string of the molecule is O=C1CSC2=C(N1)C(=O)c1ccccc1C2=O. The highest BCUT2D eigenvalue weighted by Gasteiger charge is 2.35. The Morgan fingerprint density at radius 1 is 1.00 bits per heavy atom. The smallest absolute Gasteiger partial charge is 0.234 e. The number of Topliss-reactive ketones (excluding diaryl/α,β-unsaturated/α-hetero) is 2. The Labute approximate surface area is 101 Å². The van der Waals surface area contributed by atoms with Gasteiger partial charge in [-0.15, -0.1) is 11.8 Å². The topological polar surface area (TPSA) is 63.2 Å². The molecule has 0 saturated carbocycles. The van der Waals surface area contributed by atoms with Gasteiger partial charge in [0.2, 0.25) is 17.5 Å². The van der Waals surface area contributed by atoms with Crippen LogP contribution in [0.5, 0.6) is 0 Å². The molecule has 4 nitrogen and oxygen atoms in total. The normalized spacial score (nSPS) is 18.7. The standard InChI is InChI=1S/C12H7NO3S/c14-8-5-17-12-9(13-8)10(15)6-3-1-2-4-7(6)11(12)16/h1-4H,5H2,(H,13,14). The second-order valence-corrected chi connectivity index (χ2v) is 4.73. The molecule has 2 aliphatic rings. The number of ketones is 2. The first-order valence-electron chi connectivity index (χ1n) is 5.04. The van der Waals surface area contributed by atoms with Gasteiger partial charge in [0.05, 0.1) is 10.7 Å². The summed E-state index contributed by atoms with van der Waals surface area (Å²) < 4.78 is 0. The molecular weight excluding hydrogens is 238 g/mol. The van der Waals surface area contributed by atoms with Gasteiger partial charge in [-0.25, -0.2) is 0 Å². The summed E-state index contributed by atoms with van der Waals surface area (Å²) in [5, 5.41) is 2.49. The summed E-state index contributed by atoms with van der Waals surface area (Å²) >= 11 is 1.13. The van der Waals surface area contributed by atoms with Crippen LogP contribution >= 0.6 is 11.8 Å². The van der Waals surface area contributed by atoms with Crippen molar-refractivity contribution in [3.63, 3.8) is 0 Å². The van der Waals surface area contributed by atoms with Gasteiger partial charge in [-0.2, -0.15) is 0 Å². The number of fused-ring (bicyclic) bond motifs is 1. The van der Waals surface area contributed by atoms with Crippen molar-refractivity contribution >= 4 is 29.2 Å². The zero-order chi connectivity index (χ0) is 12.0. The Morgan fingerprint density at radius 2 is 1.65 bits per heavy atom. The fourth-order valence-electron chi connectivity index (χ4n) is 1.92. The third-order valence-corrected chi connectivity index (χ3v) is 3.77. The van der Waals surface area contributed by atoms with Gasteiger partial charge in [-0.05, 0) is 0 Å². The first-order valence-corrected chi connectivity index (χ1v) is 6.02. The number of rotatable bonds is 0. The fraction of sp³-hybridized carbons (Fsp3) is 0.0833. The van der Waals surface area contributed by atoms with Crippen molar-refractivity contribution < 1.29 is 14.4 Å². The first kappa shape index (κ1) is 10.3. The number of carbonyl (C=O) groups is 3. The summed E-state index contributed by atoms with van der Waals surface area (Å²) in [6.45, 7) is 0. The maximum Gasteiger partial charge on any atom is 0.234 e. The van der Waals surface area contributed by atoms with Crippen molar-refractivity contribution in [2.75, 3.05) is 5.75 Å². The van der Waals surface area contributed by atoms with Gasteiger partial charge >= 0.3 is 0 Å². The zero-order valence-corrected chi connectivity index (χ0v) is 9.47. The molecular formula is C12H7NO3S. The summed E-state index contributed by atoms with van der Waals surface area (Å²) in [5.74, 6) is -0.523. The predicted octanol–water partition coefficient (Wildman–Crippen LogP) is 1.14. The molecule has 3 rings (SSSR count). The molecule has 5 heteroatoms. The molecule has 0 fully saturated rings. The third-order valence-electron chi connectivity index (χ3n) is 2.69. The Hall–Kier alpha value is -1.88. The Bertz CT molecular complexity index is 604. The van der Waals surface area contributed by atoms with E-state index in [2.05, 4.69) is 5.32 Å². The number of hydrogen-bond acceptors (Lipinski definition) is 4. The number of allylic oxidation sites excluding steroid dienone is 2. The van der Waals surface area contributed by atoms with Crippen LogP contribution in [-0.2, 0) is 4.79 Å². The van der Waals surface area contributed by atoms with Crippen LogP contribution in [0.25, 0.3) is 0 Å². The van der Waals surface area contributed by atoms with E-state index in [0.29, 0.717) is 16.0 Å². The van der Waals surface area contributed by atoms with Gasteiger partial charge in [0.25, 0.3) is 0 Å². The minimum absolute atomic E-state index is 0.134. The summed E-state index contributed by atoms with van der Waals surface area (Å²) in [7, 11) is 0. The molecule has 0 saturated heterocycles. The highest BCUT2D eigenvalue weighted by atomic mass is 32.2. The Balaban J connectivity index is 2.21. The zero-order valence-electron chi connectivity index (χ0n) is 8.65. The molecule has 0 spiro atoms. The molecule has 0 atom stereocenters. The lowest BCUT2D eigenvalue weighted by Crippen LogP contribution is -2.37. The minimum atomic E-state index is -0.282. The van der Waals surface area contributed by atoms with Crippen LogP contribution in [0.4, 0.5) is 0 Å². The van der Waals surface area contributed by atoms with E-state index >= 15 is 0 Å². The van der Waals surface area contributed by atoms with E-state index in [1.807, 2.05) is 0 Å². The average molecular weight is 245 g/mol. The second kappa shape index (κ2) is 3.56. The molecule has 1 aliphatic heterocycles. The van der Waals surface area contributed by atoms with Gasteiger partial charge in [0.1, 0.15) is 5.70 Å². The van der Waals surface area contributed by atoms with Gasteiger partial charge in [-0.3, -0.25) is 14.4 Å². The van der Waals surface area contributed by atoms with E-state index in [4.69, 9.17) is 0 Å². The van der Waals surface area contributed by atoms with E-state index < -0.39 is 0 Å². The van der Waals surface area contributed by atoms with E-state index in [-0.39, 0.29) is 28.9 Å². The predicted molar refractivity (Wildman–Crippen MR) is 62.7 cm³/mol. The largest absolute Gasteiger partial charge is 0.321 e. The Morgan fingerprint density at radius 3 is 2.35 bits per heavy atom. The van der Waals surface area contributed by atoms with Crippen molar-refractivity contribution in [2.24, 2.45) is 0 Å².